The molecule has 55 heavy (non-hydrogen) atoms. The molecule has 4 unspecified atom stereocenters. The fourth-order valence-corrected chi connectivity index (χ4v) is 9.59. The van der Waals surface area contributed by atoms with Gasteiger partial charge >= 0.3 is 0 Å². The average molecular weight is 774 g/mol. The zero-order chi connectivity index (χ0) is 38.1. The highest BCUT2D eigenvalue weighted by Gasteiger charge is 2.38. The van der Waals surface area contributed by atoms with Crippen molar-refractivity contribution in [3.05, 3.63) is 108 Å². The fraction of sp³-hybridized carbons (Fsp3) is 0.341. The zero-order valence-corrected chi connectivity index (χ0v) is 33.1. The molecule has 0 bridgehead atoms. The van der Waals surface area contributed by atoms with E-state index in [1.165, 1.54) is 0 Å². The molecule has 6 aromatic rings. The molecule has 6 heterocycles. The summed E-state index contributed by atoms with van der Waals surface area (Å²) in [5.74, 6) is 1.37. The topological polar surface area (TPSA) is 130 Å². The Hall–Kier alpha value is -5.31. The van der Waals surface area contributed by atoms with Gasteiger partial charge in [-0.25, -0.2) is 24.5 Å². The number of thiazole rings is 2. The standard InChI is InChI=1S/C41H45N10O2S2/c1-48(2)25-28(26-13-7-5-8-14-26)40(52)50-19-11-17-31(50)36-42-21-29(46-36)38-44-23-33(54-38)34-24-45-39(55-34)30-22-43-37(47-30)32-18-12-20-51(32)41(53)35(49(3)4)27-15-9-6-10-16-27/h5-10,13-16,21-25,28,31-32,35H,11-12,17-20H2,1-4H3,(H,42,46)(H,43,47)/q+1. The molecule has 2 aromatic carbocycles. The molecule has 2 N–H and O–H groups in total. The van der Waals surface area contributed by atoms with Gasteiger partial charge in [-0.2, -0.15) is 0 Å². The van der Waals surface area contributed by atoms with Crippen molar-refractivity contribution >= 4 is 40.7 Å². The molecule has 12 nitrogen and oxygen atoms in total. The summed E-state index contributed by atoms with van der Waals surface area (Å²) in [5, 5.41) is 1.65. The number of H-pyrrole nitrogens is 2. The molecule has 0 spiro atoms. The smallest absolute Gasteiger partial charge is 0.245 e. The summed E-state index contributed by atoms with van der Waals surface area (Å²) in [5.41, 5.74) is 3.62. The number of hydrogen-bond donors (Lipinski definition) is 2. The Labute approximate surface area is 328 Å². The Kier molecular flexibility index (Phi) is 10.5. The Morgan fingerprint density at radius 1 is 0.727 bits per heavy atom. The summed E-state index contributed by atoms with van der Waals surface area (Å²) in [4.78, 5) is 61.9. The van der Waals surface area contributed by atoms with Gasteiger partial charge in [-0.05, 0) is 50.9 Å². The minimum Gasteiger partial charge on any atom is -0.338 e. The van der Waals surface area contributed by atoms with Crippen LogP contribution in [0.3, 0.4) is 0 Å². The number of likely N-dealkylation sites (tertiary alicyclic amines) is 2. The third-order valence-corrected chi connectivity index (χ3v) is 12.6. The van der Waals surface area contributed by atoms with Crippen LogP contribution in [0.15, 0.2) is 85.5 Å². The van der Waals surface area contributed by atoms with E-state index in [1.54, 1.807) is 22.7 Å². The molecule has 2 fully saturated rings. The molecule has 2 amide bonds. The number of hydrogen-bond acceptors (Lipinski definition) is 9. The molecular weight excluding hydrogens is 729 g/mol. The molecule has 4 aromatic heterocycles. The molecule has 282 valence electrons. The van der Waals surface area contributed by atoms with Gasteiger partial charge in [-0.3, -0.25) is 14.5 Å². The molecule has 4 atom stereocenters. The maximum atomic E-state index is 14.0. The van der Waals surface area contributed by atoms with Gasteiger partial charge in [0.2, 0.25) is 11.8 Å². The minimum absolute atomic E-state index is 0.0809. The Morgan fingerprint density at radius 2 is 1.22 bits per heavy atom. The van der Waals surface area contributed by atoms with Gasteiger partial charge in [0.05, 0.1) is 45.6 Å². The minimum atomic E-state index is -0.368. The summed E-state index contributed by atoms with van der Waals surface area (Å²) < 4.78 is 1.95. The van der Waals surface area contributed by atoms with Crippen LogP contribution in [0.25, 0.3) is 31.2 Å². The van der Waals surface area contributed by atoms with Crippen molar-refractivity contribution in [2.24, 2.45) is 0 Å². The first kappa shape index (κ1) is 36.7. The van der Waals surface area contributed by atoms with Crippen LogP contribution in [0.1, 0.15) is 72.5 Å². The first-order valence-electron chi connectivity index (χ1n) is 18.7. The van der Waals surface area contributed by atoms with E-state index in [1.807, 2.05) is 139 Å². The lowest BCUT2D eigenvalue weighted by molar-refractivity contribution is -0.460. The van der Waals surface area contributed by atoms with Crippen molar-refractivity contribution in [2.45, 2.75) is 49.7 Å². The Morgan fingerprint density at radius 3 is 1.71 bits per heavy atom. The lowest BCUT2D eigenvalue weighted by Gasteiger charge is -2.31. The number of nitrogens with zero attached hydrogens (tertiary/aromatic N) is 8. The summed E-state index contributed by atoms with van der Waals surface area (Å²) in [7, 11) is 7.81. The van der Waals surface area contributed by atoms with Crippen LogP contribution in [-0.2, 0) is 9.59 Å². The molecule has 2 saturated heterocycles. The first-order chi connectivity index (χ1) is 26.7. The molecule has 0 radical (unpaired) electrons. The van der Waals surface area contributed by atoms with Crippen LogP contribution in [0.5, 0.6) is 0 Å². The van der Waals surface area contributed by atoms with Crippen LogP contribution < -0.4 is 0 Å². The maximum absolute atomic E-state index is 14.0. The lowest BCUT2D eigenvalue weighted by Crippen LogP contribution is -2.40. The molecular formula is C41H45N10O2S2+. The van der Waals surface area contributed by atoms with Crippen LogP contribution in [0, 0.1) is 0 Å². The van der Waals surface area contributed by atoms with Crippen molar-refractivity contribution in [3.8, 4) is 31.2 Å². The summed E-state index contributed by atoms with van der Waals surface area (Å²) >= 11 is 3.15. The monoisotopic (exact) mass is 773 g/mol. The predicted octanol–water partition coefficient (Wildman–Crippen LogP) is 6.80. The molecule has 2 aliphatic rings. The lowest BCUT2D eigenvalue weighted by atomic mass is 9.98. The molecule has 8 rings (SSSR count). The Bertz CT molecular complexity index is 2290. The van der Waals surface area contributed by atoms with Crippen molar-refractivity contribution < 1.29 is 14.2 Å². The maximum Gasteiger partial charge on any atom is 0.245 e. The summed E-state index contributed by atoms with van der Waals surface area (Å²) in [6.07, 6.45) is 12.9. The fourth-order valence-electron chi connectivity index (χ4n) is 7.77. The Balaban J connectivity index is 0.958. The van der Waals surface area contributed by atoms with E-state index in [4.69, 9.17) is 19.9 Å². The highest BCUT2D eigenvalue weighted by Crippen LogP contribution is 2.40. The van der Waals surface area contributed by atoms with Crippen molar-refractivity contribution in [3.63, 3.8) is 0 Å². The number of carbonyl (C=O) groups is 2. The average Bonchev–Trinajstić information content (AvgIpc) is 4.03. The van der Waals surface area contributed by atoms with Crippen LogP contribution in [-0.4, -0.2) is 108 Å². The quantitative estimate of drug-likeness (QED) is 0.109. The molecule has 0 aliphatic carbocycles. The van der Waals surface area contributed by atoms with Gasteiger partial charge in [0.1, 0.15) is 47.7 Å². The highest BCUT2D eigenvalue weighted by molar-refractivity contribution is 7.24. The number of amides is 2. The van der Waals surface area contributed by atoms with E-state index in [9.17, 15) is 9.59 Å². The second-order valence-corrected chi connectivity index (χ2v) is 16.6. The van der Waals surface area contributed by atoms with Crippen molar-refractivity contribution in [1.29, 1.82) is 0 Å². The van der Waals surface area contributed by atoms with Gasteiger partial charge in [-0.15, -0.1) is 22.7 Å². The van der Waals surface area contributed by atoms with Gasteiger partial charge in [0.15, 0.2) is 6.21 Å². The van der Waals surface area contributed by atoms with Gasteiger partial charge in [0, 0.05) is 25.5 Å². The number of benzene rings is 2. The van der Waals surface area contributed by atoms with E-state index >= 15 is 0 Å². The van der Waals surface area contributed by atoms with E-state index in [2.05, 4.69) is 9.97 Å². The predicted molar refractivity (Wildman–Crippen MR) is 216 cm³/mol. The van der Waals surface area contributed by atoms with Gasteiger partial charge in [-0.1, -0.05) is 60.7 Å². The SMILES string of the molecule is CN(C)C(C(=O)N1CCCC1c1ncc(-c2ncc(-c3cnc(-c4cnc(C5CCCN5C(=O)C(C=[N+](C)C)c5ccccc5)[nH]4)s3)s2)[nH]1)c1ccccc1. The van der Waals surface area contributed by atoms with Gasteiger partial charge < -0.3 is 19.8 Å². The number of carbonyl (C=O) groups excluding carboxylic acids is 2. The van der Waals surface area contributed by atoms with Crippen LogP contribution >= 0.6 is 22.7 Å². The first-order valence-corrected chi connectivity index (χ1v) is 20.3. The molecule has 2 aliphatic heterocycles. The van der Waals surface area contributed by atoms with Crippen LogP contribution in [0.4, 0.5) is 0 Å². The van der Waals surface area contributed by atoms with Crippen LogP contribution in [0.2, 0.25) is 0 Å². The van der Waals surface area contributed by atoms with Crippen molar-refractivity contribution in [1.82, 2.24) is 44.6 Å². The summed E-state index contributed by atoms with van der Waals surface area (Å²) in [6, 6.07) is 19.3. The second-order valence-electron chi connectivity index (χ2n) is 14.6. The number of nitrogens with one attached hydrogen (secondary N) is 2. The second kappa shape index (κ2) is 15.8. The third kappa shape index (κ3) is 7.53. The van der Waals surface area contributed by atoms with E-state index in [0.717, 1.165) is 79.6 Å². The molecule has 0 saturated carbocycles. The number of likely N-dealkylation sites (N-methyl/N-ethyl adjacent to an activating group) is 1. The highest BCUT2D eigenvalue weighted by atomic mass is 32.1. The number of imidazole rings is 2. The normalized spacial score (nSPS) is 18.2. The largest absolute Gasteiger partial charge is 0.338 e. The molecule has 14 heteroatoms. The van der Waals surface area contributed by atoms with E-state index < -0.39 is 0 Å². The zero-order valence-electron chi connectivity index (χ0n) is 31.4. The number of aromatic amines is 2. The number of aromatic nitrogens is 6. The van der Waals surface area contributed by atoms with Gasteiger partial charge in [0.25, 0.3) is 0 Å². The van der Waals surface area contributed by atoms with E-state index in [0.29, 0.717) is 13.1 Å². The summed E-state index contributed by atoms with van der Waals surface area (Å²) in [6.45, 7) is 1.39. The third-order valence-electron chi connectivity index (χ3n) is 10.3. The number of rotatable bonds is 11. The van der Waals surface area contributed by atoms with Crippen molar-refractivity contribution in [2.75, 3.05) is 41.3 Å². The van der Waals surface area contributed by atoms with E-state index in [-0.39, 0.29) is 35.9 Å².